The molecule has 4 nitrogen and oxygen atoms in total. The van der Waals surface area contributed by atoms with Crippen LogP contribution in [0.5, 0.6) is 0 Å². The van der Waals surface area contributed by atoms with Gasteiger partial charge in [-0.25, -0.2) is 27.5 Å². The summed E-state index contributed by atoms with van der Waals surface area (Å²) in [5.41, 5.74) is 2.02. The highest BCUT2D eigenvalue weighted by molar-refractivity contribution is 5.94. The minimum absolute atomic E-state index is 0.336. The van der Waals surface area contributed by atoms with Gasteiger partial charge in [-0.1, -0.05) is 6.07 Å². The van der Waals surface area contributed by atoms with Gasteiger partial charge in [-0.2, -0.15) is 0 Å². The summed E-state index contributed by atoms with van der Waals surface area (Å²) >= 11 is 0. The smallest absolute Gasteiger partial charge is 0.282 e. The van der Waals surface area contributed by atoms with Crippen molar-refractivity contribution in [3.63, 3.8) is 0 Å². The lowest BCUT2D eigenvalue weighted by Gasteiger charge is -2.40. The molecule has 0 bridgehead atoms. The number of hydrogen-bond acceptors (Lipinski definition) is 4. The summed E-state index contributed by atoms with van der Waals surface area (Å²) in [4.78, 5) is 14.6. The van der Waals surface area contributed by atoms with Crippen molar-refractivity contribution < 1.29 is 17.6 Å². The minimum atomic E-state index is -2.76. The van der Waals surface area contributed by atoms with Crippen LogP contribution in [0.15, 0.2) is 60.9 Å². The van der Waals surface area contributed by atoms with Gasteiger partial charge in [-0.15, -0.1) is 0 Å². The molecule has 0 radical (unpaired) electrons. The number of anilines is 1. The number of nitrogens with zero attached hydrogens (tertiary/aromatic N) is 4. The Morgan fingerprint density at radius 2 is 1.60 bits per heavy atom. The largest absolute Gasteiger partial charge is 0.344 e. The second-order valence-electron chi connectivity index (χ2n) is 7.21. The molecule has 150 valence electrons. The van der Waals surface area contributed by atoms with Crippen LogP contribution >= 0.6 is 0 Å². The molecule has 0 unspecified atom stereocenters. The zero-order valence-electron chi connectivity index (χ0n) is 15.5. The maximum absolute atomic E-state index is 13.7. The zero-order chi connectivity index (χ0) is 20.9. The molecule has 5 rings (SSSR count). The molecule has 1 aliphatic heterocycles. The summed E-state index contributed by atoms with van der Waals surface area (Å²) in [6.45, 7) is -0.856. The van der Waals surface area contributed by atoms with Crippen molar-refractivity contribution in [2.75, 3.05) is 18.0 Å². The van der Waals surface area contributed by atoms with E-state index in [0.717, 1.165) is 6.07 Å². The third kappa shape index (κ3) is 3.34. The summed E-state index contributed by atoms with van der Waals surface area (Å²) in [5.74, 6) is -3.41. The lowest BCUT2D eigenvalue weighted by molar-refractivity contribution is -0.0265. The van der Waals surface area contributed by atoms with E-state index in [1.807, 2.05) is 0 Å². The zero-order valence-corrected chi connectivity index (χ0v) is 15.5. The van der Waals surface area contributed by atoms with Crippen LogP contribution in [-0.4, -0.2) is 34.0 Å². The monoisotopic (exact) mass is 410 g/mol. The van der Waals surface area contributed by atoms with Gasteiger partial charge in [-0.05, 0) is 47.5 Å². The first kappa shape index (κ1) is 18.5. The van der Waals surface area contributed by atoms with Gasteiger partial charge >= 0.3 is 0 Å². The van der Waals surface area contributed by atoms with Crippen molar-refractivity contribution in [2.24, 2.45) is 0 Å². The molecule has 0 atom stereocenters. The quantitative estimate of drug-likeness (QED) is 0.441. The van der Waals surface area contributed by atoms with Gasteiger partial charge in [-0.3, -0.25) is 4.98 Å². The van der Waals surface area contributed by atoms with Gasteiger partial charge in [0.2, 0.25) is 0 Å². The van der Waals surface area contributed by atoms with E-state index < -0.39 is 30.6 Å². The Labute approximate surface area is 168 Å². The van der Waals surface area contributed by atoms with Crippen molar-refractivity contribution in [1.82, 2.24) is 15.0 Å². The van der Waals surface area contributed by atoms with E-state index in [1.165, 1.54) is 17.0 Å². The predicted octanol–water partition coefficient (Wildman–Crippen LogP) is 5.09. The number of rotatable bonds is 3. The van der Waals surface area contributed by atoms with Gasteiger partial charge in [0.1, 0.15) is 17.5 Å². The molecule has 4 aromatic rings. The molecule has 8 heteroatoms. The maximum atomic E-state index is 13.7. The van der Waals surface area contributed by atoms with Gasteiger partial charge in [0.25, 0.3) is 5.92 Å². The number of aromatic nitrogens is 3. The maximum Gasteiger partial charge on any atom is 0.282 e. The van der Waals surface area contributed by atoms with Crippen molar-refractivity contribution in [2.45, 2.75) is 5.92 Å². The first-order valence-electron chi connectivity index (χ1n) is 9.19. The molecule has 0 aliphatic carbocycles. The van der Waals surface area contributed by atoms with Gasteiger partial charge < -0.3 is 4.90 Å². The van der Waals surface area contributed by atoms with Crippen LogP contribution in [0.4, 0.5) is 23.4 Å². The van der Waals surface area contributed by atoms with Crippen molar-refractivity contribution in [3.05, 3.63) is 72.6 Å². The molecule has 2 aromatic heterocycles. The number of alkyl halides is 2. The number of halogens is 4. The SMILES string of the molecule is Fc1cc(F)cc(-c2ccc3c(N4CC(F)(F)C4)nc(-c4cccnc4)nc3c2)c1. The molecule has 0 spiro atoms. The lowest BCUT2D eigenvalue weighted by Crippen LogP contribution is -2.56. The molecule has 1 aliphatic rings. The van der Waals surface area contributed by atoms with E-state index in [2.05, 4.69) is 15.0 Å². The summed E-state index contributed by atoms with van der Waals surface area (Å²) in [6, 6.07) is 11.8. The highest BCUT2D eigenvalue weighted by Gasteiger charge is 2.45. The summed E-state index contributed by atoms with van der Waals surface area (Å²) in [7, 11) is 0. The van der Waals surface area contributed by atoms with E-state index in [-0.39, 0.29) is 0 Å². The standard InChI is InChI=1S/C22H14F4N4/c23-16-6-15(7-17(24)9-16)13-3-4-18-19(8-13)28-20(14-2-1-5-27-10-14)29-21(18)30-11-22(25,26)12-30/h1-10H,11-12H2. The van der Waals surface area contributed by atoms with E-state index in [4.69, 9.17) is 0 Å². The molecule has 0 amide bonds. The molecule has 1 fully saturated rings. The normalized spacial score (nSPS) is 15.3. The van der Waals surface area contributed by atoms with Crippen molar-refractivity contribution in [3.8, 4) is 22.5 Å². The summed E-state index contributed by atoms with van der Waals surface area (Å²) in [5, 5.41) is 0.582. The topological polar surface area (TPSA) is 41.9 Å². The van der Waals surface area contributed by atoms with E-state index in [1.54, 1.807) is 42.7 Å². The molecule has 0 N–H and O–H groups in total. The Morgan fingerprint density at radius 1 is 0.833 bits per heavy atom. The molecule has 2 aromatic carbocycles. The summed E-state index contributed by atoms with van der Waals surface area (Å²) in [6.07, 6.45) is 3.19. The van der Waals surface area contributed by atoms with E-state index in [0.29, 0.717) is 39.2 Å². The minimum Gasteiger partial charge on any atom is -0.344 e. The third-order valence-electron chi connectivity index (χ3n) is 4.94. The van der Waals surface area contributed by atoms with E-state index in [9.17, 15) is 17.6 Å². The van der Waals surface area contributed by atoms with Crippen LogP contribution < -0.4 is 4.90 Å². The number of pyridine rings is 1. The van der Waals surface area contributed by atoms with Crippen LogP contribution in [0.3, 0.4) is 0 Å². The Balaban J connectivity index is 1.68. The fraction of sp³-hybridized carbons (Fsp3) is 0.136. The fourth-order valence-electron chi connectivity index (χ4n) is 3.54. The van der Waals surface area contributed by atoms with Crippen LogP contribution in [0.25, 0.3) is 33.4 Å². The molecule has 30 heavy (non-hydrogen) atoms. The Morgan fingerprint density at radius 3 is 2.27 bits per heavy atom. The second-order valence-corrected chi connectivity index (χ2v) is 7.21. The van der Waals surface area contributed by atoms with Crippen LogP contribution in [-0.2, 0) is 0 Å². The second kappa shape index (κ2) is 6.76. The van der Waals surface area contributed by atoms with Gasteiger partial charge in [0, 0.05) is 29.4 Å². The van der Waals surface area contributed by atoms with Crippen molar-refractivity contribution >= 4 is 16.7 Å². The summed E-state index contributed by atoms with van der Waals surface area (Å²) < 4.78 is 54.3. The Bertz CT molecular complexity index is 1230. The van der Waals surface area contributed by atoms with Crippen LogP contribution in [0.1, 0.15) is 0 Å². The predicted molar refractivity (Wildman–Crippen MR) is 105 cm³/mol. The number of fused-ring (bicyclic) bond motifs is 1. The Hall–Kier alpha value is -3.55. The molecule has 3 heterocycles. The highest BCUT2D eigenvalue weighted by atomic mass is 19.3. The van der Waals surface area contributed by atoms with Crippen LogP contribution in [0.2, 0.25) is 0 Å². The van der Waals surface area contributed by atoms with Gasteiger partial charge in [0.15, 0.2) is 5.82 Å². The Kier molecular flexibility index (Phi) is 4.16. The average molecular weight is 410 g/mol. The average Bonchev–Trinajstić information content (AvgIpc) is 2.70. The van der Waals surface area contributed by atoms with Gasteiger partial charge in [0.05, 0.1) is 18.6 Å². The molecular formula is C22H14F4N4. The molecule has 0 saturated carbocycles. The first-order chi connectivity index (χ1) is 14.4. The molecule has 1 saturated heterocycles. The number of benzene rings is 2. The van der Waals surface area contributed by atoms with Crippen LogP contribution in [0, 0.1) is 11.6 Å². The van der Waals surface area contributed by atoms with Crippen molar-refractivity contribution in [1.29, 1.82) is 0 Å². The fourth-order valence-corrected chi connectivity index (χ4v) is 3.54. The number of hydrogen-bond donors (Lipinski definition) is 0. The lowest BCUT2D eigenvalue weighted by atomic mass is 10.0. The first-order valence-corrected chi connectivity index (χ1v) is 9.19. The third-order valence-corrected chi connectivity index (χ3v) is 4.94. The van der Waals surface area contributed by atoms with E-state index >= 15 is 0 Å². The molecular weight excluding hydrogens is 396 g/mol. The highest BCUT2D eigenvalue weighted by Crippen LogP contribution is 2.37.